The number of nitrogens with one attached hydrogen (secondary N) is 1. The standard InChI is InChI=1S/C13H26N2O2/c1-12(2,14)7-6-11(16)15-9-8-10(17-5)13(9,3)4/h9-10H,6-8,14H2,1-5H3,(H,15,16). The fourth-order valence-electron chi connectivity index (χ4n) is 2.23. The summed E-state index contributed by atoms with van der Waals surface area (Å²) in [5, 5.41) is 3.07. The molecule has 1 rings (SSSR count). The zero-order chi connectivity index (χ0) is 13.3. The van der Waals surface area contributed by atoms with E-state index in [1.807, 2.05) is 13.8 Å². The van der Waals surface area contributed by atoms with Crippen LogP contribution >= 0.6 is 0 Å². The Morgan fingerprint density at radius 2 is 2.12 bits per heavy atom. The molecule has 0 saturated heterocycles. The van der Waals surface area contributed by atoms with Crippen molar-refractivity contribution >= 4 is 5.91 Å². The zero-order valence-electron chi connectivity index (χ0n) is 11.7. The molecule has 1 amide bonds. The summed E-state index contributed by atoms with van der Waals surface area (Å²) in [6, 6.07) is 0.223. The van der Waals surface area contributed by atoms with E-state index in [0.29, 0.717) is 12.8 Å². The van der Waals surface area contributed by atoms with Crippen LogP contribution in [0.15, 0.2) is 0 Å². The molecule has 0 aromatic rings. The van der Waals surface area contributed by atoms with Gasteiger partial charge in [-0.15, -0.1) is 0 Å². The van der Waals surface area contributed by atoms with Gasteiger partial charge in [0.1, 0.15) is 0 Å². The number of carbonyl (C=O) groups excluding carboxylic acids is 1. The number of rotatable bonds is 5. The Hall–Kier alpha value is -0.610. The first-order valence-electron chi connectivity index (χ1n) is 6.28. The smallest absolute Gasteiger partial charge is 0.220 e. The van der Waals surface area contributed by atoms with Gasteiger partial charge in [0.2, 0.25) is 5.91 Å². The molecule has 0 aromatic heterocycles. The van der Waals surface area contributed by atoms with Gasteiger partial charge in [0, 0.05) is 30.5 Å². The van der Waals surface area contributed by atoms with Crippen molar-refractivity contribution in [3.63, 3.8) is 0 Å². The first-order chi connectivity index (χ1) is 7.66. The summed E-state index contributed by atoms with van der Waals surface area (Å²) in [7, 11) is 1.72. The van der Waals surface area contributed by atoms with Crippen molar-refractivity contribution in [2.45, 2.75) is 64.6 Å². The molecule has 0 bridgehead atoms. The molecule has 0 aromatic carbocycles. The van der Waals surface area contributed by atoms with Crippen LogP contribution in [0.3, 0.4) is 0 Å². The van der Waals surface area contributed by atoms with Gasteiger partial charge >= 0.3 is 0 Å². The fraction of sp³-hybridized carbons (Fsp3) is 0.923. The monoisotopic (exact) mass is 242 g/mol. The van der Waals surface area contributed by atoms with Crippen LogP contribution in [0.25, 0.3) is 0 Å². The molecule has 0 aliphatic heterocycles. The third kappa shape index (κ3) is 3.68. The number of methoxy groups -OCH3 is 1. The highest BCUT2D eigenvalue weighted by molar-refractivity contribution is 5.76. The third-order valence-corrected chi connectivity index (χ3v) is 3.79. The van der Waals surface area contributed by atoms with E-state index in [0.717, 1.165) is 6.42 Å². The number of ether oxygens (including phenoxy) is 1. The van der Waals surface area contributed by atoms with E-state index in [4.69, 9.17) is 10.5 Å². The summed E-state index contributed by atoms with van der Waals surface area (Å²) in [6.07, 6.45) is 2.35. The van der Waals surface area contributed by atoms with Crippen LogP contribution in [-0.4, -0.2) is 30.7 Å². The Balaban J connectivity index is 2.34. The lowest BCUT2D eigenvalue weighted by molar-refractivity contribution is -0.132. The lowest BCUT2D eigenvalue weighted by Crippen LogP contribution is -2.61. The summed E-state index contributed by atoms with van der Waals surface area (Å²) in [5.41, 5.74) is 5.61. The quantitative estimate of drug-likeness (QED) is 0.766. The van der Waals surface area contributed by atoms with E-state index >= 15 is 0 Å². The van der Waals surface area contributed by atoms with E-state index in [-0.39, 0.29) is 29.0 Å². The molecule has 0 radical (unpaired) electrons. The molecular weight excluding hydrogens is 216 g/mol. The Labute approximate surface area is 104 Å². The lowest BCUT2D eigenvalue weighted by Gasteiger charge is -2.51. The molecule has 4 heteroatoms. The molecule has 3 N–H and O–H groups in total. The highest BCUT2D eigenvalue weighted by Crippen LogP contribution is 2.42. The van der Waals surface area contributed by atoms with Crippen molar-refractivity contribution in [2.24, 2.45) is 11.1 Å². The van der Waals surface area contributed by atoms with Crippen LogP contribution in [0.2, 0.25) is 0 Å². The molecule has 17 heavy (non-hydrogen) atoms. The predicted octanol–water partition coefficient (Wildman–Crippen LogP) is 1.43. The maximum Gasteiger partial charge on any atom is 0.220 e. The topological polar surface area (TPSA) is 64.3 Å². The van der Waals surface area contributed by atoms with Crippen molar-refractivity contribution in [2.75, 3.05) is 7.11 Å². The highest BCUT2D eigenvalue weighted by Gasteiger charge is 2.49. The van der Waals surface area contributed by atoms with Crippen LogP contribution in [0.5, 0.6) is 0 Å². The SMILES string of the molecule is COC1CC(NC(=O)CCC(C)(C)N)C1(C)C. The van der Waals surface area contributed by atoms with Crippen molar-refractivity contribution in [3.8, 4) is 0 Å². The van der Waals surface area contributed by atoms with E-state index in [9.17, 15) is 4.79 Å². The lowest BCUT2D eigenvalue weighted by atomic mass is 9.64. The molecule has 4 nitrogen and oxygen atoms in total. The van der Waals surface area contributed by atoms with Gasteiger partial charge in [-0.25, -0.2) is 0 Å². The van der Waals surface area contributed by atoms with E-state index in [1.54, 1.807) is 7.11 Å². The fourth-order valence-corrected chi connectivity index (χ4v) is 2.23. The second-order valence-corrected chi connectivity index (χ2v) is 6.39. The van der Waals surface area contributed by atoms with E-state index in [1.165, 1.54) is 0 Å². The van der Waals surface area contributed by atoms with Crippen molar-refractivity contribution in [1.82, 2.24) is 5.32 Å². The maximum absolute atomic E-state index is 11.8. The number of carbonyl (C=O) groups is 1. The first-order valence-corrected chi connectivity index (χ1v) is 6.28. The predicted molar refractivity (Wildman–Crippen MR) is 68.6 cm³/mol. The van der Waals surface area contributed by atoms with Gasteiger partial charge in [-0.2, -0.15) is 0 Å². The number of hydrogen-bond acceptors (Lipinski definition) is 3. The molecule has 1 fully saturated rings. The van der Waals surface area contributed by atoms with Crippen molar-refractivity contribution < 1.29 is 9.53 Å². The van der Waals surface area contributed by atoms with E-state index < -0.39 is 0 Å². The minimum absolute atomic E-state index is 0.0304. The van der Waals surface area contributed by atoms with Gasteiger partial charge in [0.25, 0.3) is 0 Å². The summed E-state index contributed by atoms with van der Waals surface area (Å²) < 4.78 is 5.36. The second-order valence-electron chi connectivity index (χ2n) is 6.39. The maximum atomic E-state index is 11.8. The molecule has 1 saturated carbocycles. The third-order valence-electron chi connectivity index (χ3n) is 3.79. The Morgan fingerprint density at radius 3 is 2.53 bits per heavy atom. The average Bonchev–Trinajstić information content (AvgIpc) is 2.19. The first kappa shape index (κ1) is 14.5. The Kier molecular flexibility index (Phi) is 4.20. The van der Waals surface area contributed by atoms with Crippen LogP contribution in [0, 0.1) is 5.41 Å². The molecule has 0 heterocycles. The normalized spacial score (nSPS) is 27.4. The Morgan fingerprint density at radius 1 is 1.53 bits per heavy atom. The van der Waals surface area contributed by atoms with Crippen LogP contribution < -0.4 is 11.1 Å². The van der Waals surface area contributed by atoms with Crippen LogP contribution in [0.1, 0.15) is 47.0 Å². The summed E-state index contributed by atoms with van der Waals surface area (Å²) >= 11 is 0. The Bertz CT molecular complexity index is 282. The number of amides is 1. The largest absolute Gasteiger partial charge is 0.381 e. The molecule has 2 atom stereocenters. The molecule has 100 valence electrons. The molecule has 2 unspecified atom stereocenters. The minimum Gasteiger partial charge on any atom is -0.381 e. The van der Waals surface area contributed by atoms with Gasteiger partial charge in [0.05, 0.1) is 6.10 Å². The van der Waals surface area contributed by atoms with Crippen LogP contribution in [0.4, 0.5) is 0 Å². The summed E-state index contributed by atoms with van der Waals surface area (Å²) in [6.45, 7) is 8.13. The van der Waals surface area contributed by atoms with Crippen molar-refractivity contribution in [1.29, 1.82) is 0 Å². The zero-order valence-corrected chi connectivity index (χ0v) is 11.7. The highest BCUT2D eigenvalue weighted by atomic mass is 16.5. The molecular formula is C13H26N2O2. The molecule has 1 aliphatic carbocycles. The van der Waals surface area contributed by atoms with Crippen LogP contribution in [-0.2, 0) is 9.53 Å². The minimum atomic E-state index is -0.276. The average molecular weight is 242 g/mol. The summed E-state index contributed by atoms with van der Waals surface area (Å²) in [5.74, 6) is 0.0937. The van der Waals surface area contributed by atoms with Gasteiger partial charge in [-0.3, -0.25) is 4.79 Å². The van der Waals surface area contributed by atoms with Gasteiger partial charge in [0.15, 0.2) is 0 Å². The van der Waals surface area contributed by atoms with E-state index in [2.05, 4.69) is 19.2 Å². The van der Waals surface area contributed by atoms with Gasteiger partial charge in [-0.1, -0.05) is 13.8 Å². The number of nitrogens with two attached hydrogens (primary N) is 1. The molecule has 0 spiro atoms. The van der Waals surface area contributed by atoms with Crippen molar-refractivity contribution in [3.05, 3.63) is 0 Å². The summed E-state index contributed by atoms with van der Waals surface area (Å²) in [4.78, 5) is 11.8. The van der Waals surface area contributed by atoms with Gasteiger partial charge < -0.3 is 15.8 Å². The molecule has 1 aliphatic rings. The van der Waals surface area contributed by atoms with Gasteiger partial charge in [-0.05, 0) is 26.7 Å². The second kappa shape index (κ2) is 4.94. The number of hydrogen-bond donors (Lipinski definition) is 2.